The normalized spacial score (nSPS) is 16.5. The number of pyridine rings is 1. The monoisotopic (exact) mass is 259 g/mol. The summed E-state index contributed by atoms with van der Waals surface area (Å²) in [4.78, 5) is 6.34. The molecule has 102 valence electrons. The summed E-state index contributed by atoms with van der Waals surface area (Å²) in [7, 11) is 0. The molecule has 1 heterocycles. The van der Waals surface area contributed by atoms with Gasteiger partial charge in [-0.3, -0.25) is 4.90 Å². The van der Waals surface area contributed by atoms with E-state index < -0.39 is 0 Å². The van der Waals surface area contributed by atoms with Crippen LogP contribution in [0.2, 0.25) is 0 Å². The van der Waals surface area contributed by atoms with E-state index in [0.29, 0.717) is 18.3 Å². The number of nitrogens with zero attached hydrogens (tertiary/aromatic N) is 3. The third-order valence-corrected chi connectivity index (χ3v) is 3.80. The van der Waals surface area contributed by atoms with Crippen molar-refractivity contribution >= 4 is 0 Å². The zero-order chi connectivity index (χ0) is 13.5. The molecule has 0 amide bonds. The van der Waals surface area contributed by atoms with E-state index in [1.807, 2.05) is 12.1 Å². The van der Waals surface area contributed by atoms with Crippen molar-refractivity contribution in [3.63, 3.8) is 0 Å². The minimum absolute atomic E-state index is 0.187. The molecule has 4 nitrogen and oxygen atoms in total. The van der Waals surface area contributed by atoms with Gasteiger partial charge in [0.25, 0.3) is 0 Å². The maximum atomic E-state index is 9.24. The van der Waals surface area contributed by atoms with E-state index in [2.05, 4.69) is 16.0 Å². The first kappa shape index (κ1) is 14.0. The van der Waals surface area contributed by atoms with Gasteiger partial charge in [-0.15, -0.1) is 0 Å². The quantitative estimate of drug-likeness (QED) is 0.879. The fourth-order valence-corrected chi connectivity index (χ4v) is 2.83. The molecule has 1 N–H and O–H groups in total. The van der Waals surface area contributed by atoms with Gasteiger partial charge in [-0.25, -0.2) is 4.98 Å². The summed E-state index contributed by atoms with van der Waals surface area (Å²) in [5.74, 6) is 0. The highest BCUT2D eigenvalue weighted by Gasteiger charge is 2.20. The molecule has 1 aromatic heterocycles. The lowest BCUT2D eigenvalue weighted by Gasteiger charge is -2.34. The van der Waals surface area contributed by atoms with Gasteiger partial charge in [-0.2, -0.15) is 5.26 Å². The summed E-state index contributed by atoms with van der Waals surface area (Å²) in [5.41, 5.74) is 1.57. The van der Waals surface area contributed by atoms with E-state index in [4.69, 9.17) is 5.26 Å². The molecule has 0 radical (unpaired) electrons. The summed E-state index contributed by atoms with van der Waals surface area (Å²) in [6, 6.07) is 6.44. The Morgan fingerprint density at radius 3 is 2.84 bits per heavy atom. The Bertz CT molecular complexity index is 435. The number of nitriles is 1. The van der Waals surface area contributed by atoms with E-state index in [1.54, 1.807) is 6.20 Å². The largest absolute Gasteiger partial charge is 0.395 e. The second kappa shape index (κ2) is 7.22. The molecule has 0 unspecified atom stereocenters. The molecule has 0 aromatic carbocycles. The first-order valence-electron chi connectivity index (χ1n) is 7.03. The fourth-order valence-electron chi connectivity index (χ4n) is 2.83. The highest BCUT2D eigenvalue weighted by atomic mass is 16.3. The Morgan fingerprint density at radius 1 is 1.37 bits per heavy atom. The summed E-state index contributed by atoms with van der Waals surface area (Å²) in [6.45, 7) is 1.68. The van der Waals surface area contributed by atoms with Gasteiger partial charge in [-0.05, 0) is 30.5 Å². The second-order valence-corrected chi connectivity index (χ2v) is 5.15. The lowest BCUT2D eigenvalue weighted by atomic mass is 9.94. The second-order valence-electron chi connectivity index (χ2n) is 5.15. The van der Waals surface area contributed by atoms with Crippen LogP contribution in [0.3, 0.4) is 0 Å². The number of aliphatic hydroxyl groups is 1. The van der Waals surface area contributed by atoms with Gasteiger partial charge in [0.05, 0.1) is 6.61 Å². The summed E-state index contributed by atoms with van der Waals surface area (Å²) in [5, 5.41) is 18.1. The van der Waals surface area contributed by atoms with E-state index in [-0.39, 0.29) is 6.61 Å². The minimum atomic E-state index is 0.187. The predicted octanol–water partition coefficient (Wildman–Crippen LogP) is 2.08. The van der Waals surface area contributed by atoms with Crippen molar-refractivity contribution in [1.82, 2.24) is 9.88 Å². The molecule has 1 aromatic rings. The molecule has 0 bridgehead atoms. The maximum Gasteiger partial charge on any atom is 0.140 e. The molecule has 0 aliphatic heterocycles. The fraction of sp³-hybridized carbons (Fsp3) is 0.600. The zero-order valence-electron chi connectivity index (χ0n) is 11.3. The first-order valence-corrected chi connectivity index (χ1v) is 7.03. The van der Waals surface area contributed by atoms with Crippen LogP contribution in [0.1, 0.15) is 43.4 Å². The molecule has 0 spiro atoms. The number of hydrogen-bond donors (Lipinski definition) is 1. The third kappa shape index (κ3) is 4.02. The summed E-state index contributed by atoms with van der Waals surface area (Å²) < 4.78 is 0. The highest BCUT2D eigenvalue weighted by molar-refractivity contribution is 5.25. The van der Waals surface area contributed by atoms with Gasteiger partial charge in [0.2, 0.25) is 0 Å². The molecule has 1 aliphatic rings. The minimum Gasteiger partial charge on any atom is -0.395 e. The van der Waals surface area contributed by atoms with Crippen molar-refractivity contribution in [2.24, 2.45) is 0 Å². The molecule has 0 saturated heterocycles. The lowest BCUT2D eigenvalue weighted by Crippen LogP contribution is -2.38. The van der Waals surface area contributed by atoms with E-state index in [0.717, 1.165) is 12.1 Å². The Labute approximate surface area is 114 Å². The number of rotatable bonds is 5. The van der Waals surface area contributed by atoms with E-state index in [1.165, 1.54) is 32.1 Å². The van der Waals surface area contributed by atoms with Crippen molar-refractivity contribution in [1.29, 1.82) is 5.26 Å². The van der Waals surface area contributed by atoms with Gasteiger partial charge < -0.3 is 5.11 Å². The molecular formula is C15H21N3O. The SMILES string of the molecule is N#Cc1cc(CN(CCO)C2CCCCC2)ccn1. The van der Waals surface area contributed by atoms with Crippen molar-refractivity contribution in [2.75, 3.05) is 13.2 Å². The van der Waals surface area contributed by atoms with Crippen molar-refractivity contribution < 1.29 is 5.11 Å². The van der Waals surface area contributed by atoms with E-state index >= 15 is 0 Å². The average Bonchev–Trinajstić information content (AvgIpc) is 2.48. The van der Waals surface area contributed by atoms with E-state index in [9.17, 15) is 5.11 Å². The average molecular weight is 259 g/mol. The molecule has 0 atom stereocenters. The molecule has 1 saturated carbocycles. The van der Waals surface area contributed by atoms with Gasteiger partial charge in [0, 0.05) is 25.3 Å². The molecule has 4 heteroatoms. The van der Waals surface area contributed by atoms with Crippen LogP contribution in [0.5, 0.6) is 0 Å². The van der Waals surface area contributed by atoms with Crippen LogP contribution in [0.4, 0.5) is 0 Å². The van der Waals surface area contributed by atoms with Crippen molar-refractivity contribution in [3.8, 4) is 6.07 Å². The van der Waals surface area contributed by atoms with Crippen LogP contribution in [-0.2, 0) is 6.54 Å². The number of aromatic nitrogens is 1. The molecule has 1 fully saturated rings. The summed E-state index contributed by atoms with van der Waals surface area (Å²) >= 11 is 0. The maximum absolute atomic E-state index is 9.24. The van der Waals surface area contributed by atoms with Crippen LogP contribution in [0.25, 0.3) is 0 Å². The van der Waals surface area contributed by atoms with Crippen LogP contribution < -0.4 is 0 Å². The van der Waals surface area contributed by atoms with Crippen LogP contribution in [0.15, 0.2) is 18.3 Å². The van der Waals surface area contributed by atoms with Gasteiger partial charge in [0.1, 0.15) is 11.8 Å². The standard InChI is InChI=1S/C15H21N3O/c16-11-14-10-13(6-7-17-14)12-18(8-9-19)15-4-2-1-3-5-15/h6-7,10,15,19H,1-5,8-9,12H2. The molecule has 19 heavy (non-hydrogen) atoms. The Morgan fingerprint density at radius 2 is 2.16 bits per heavy atom. The molecule has 2 rings (SSSR count). The predicted molar refractivity (Wildman–Crippen MR) is 73.3 cm³/mol. The Hall–Kier alpha value is -1.44. The smallest absolute Gasteiger partial charge is 0.140 e. The number of aliphatic hydroxyl groups excluding tert-OH is 1. The van der Waals surface area contributed by atoms with Crippen LogP contribution >= 0.6 is 0 Å². The lowest BCUT2D eigenvalue weighted by molar-refractivity contribution is 0.117. The Balaban J connectivity index is 2.04. The highest BCUT2D eigenvalue weighted by Crippen LogP contribution is 2.23. The van der Waals surface area contributed by atoms with Gasteiger partial charge in [-0.1, -0.05) is 19.3 Å². The summed E-state index contributed by atoms with van der Waals surface area (Å²) in [6.07, 6.45) is 8.02. The zero-order valence-corrected chi connectivity index (χ0v) is 11.3. The first-order chi connectivity index (χ1) is 9.33. The number of hydrogen-bond acceptors (Lipinski definition) is 4. The van der Waals surface area contributed by atoms with Gasteiger partial charge >= 0.3 is 0 Å². The van der Waals surface area contributed by atoms with Crippen molar-refractivity contribution in [2.45, 2.75) is 44.7 Å². The van der Waals surface area contributed by atoms with Crippen LogP contribution in [0, 0.1) is 11.3 Å². The topological polar surface area (TPSA) is 60.2 Å². The molecular weight excluding hydrogens is 238 g/mol. The Kier molecular flexibility index (Phi) is 5.31. The van der Waals surface area contributed by atoms with Gasteiger partial charge in [0.15, 0.2) is 0 Å². The third-order valence-electron chi connectivity index (χ3n) is 3.80. The van der Waals surface area contributed by atoms with Crippen LogP contribution in [-0.4, -0.2) is 34.2 Å². The molecule has 1 aliphatic carbocycles. The van der Waals surface area contributed by atoms with Crippen molar-refractivity contribution in [3.05, 3.63) is 29.6 Å².